The lowest BCUT2D eigenvalue weighted by Gasteiger charge is -2.39. The maximum atomic E-state index is 12.5. The zero-order valence-corrected chi connectivity index (χ0v) is 19.1. The summed E-state index contributed by atoms with van der Waals surface area (Å²) in [4.78, 5) is 34.7. The molecule has 154 valence electrons. The molecule has 0 bridgehead atoms. The van der Waals surface area contributed by atoms with Crippen LogP contribution in [0.3, 0.4) is 0 Å². The van der Waals surface area contributed by atoms with Crippen LogP contribution in [0.2, 0.25) is 0 Å². The van der Waals surface area contributed by atoms with Gasteiger partial charge in [-0.05, 0) is 31.6 Å². The van der Waals surface area contributed by atoms with E-state index >= 15 is 0 Å². The van der Waals surface area contributed by atoms with E-state index in [0.717, 1.165) is 38.3 Å². The van der Waals surface area contributed by atoms with Crippen LogP contribution in [0.5, 0.6) is 0 Å². The Morgan fingerprint density at radius 3 is 2.48 bits per heavy atom. The van der Waals surface area contributed by atoms with Crippen molar-refractivity contribution >= 4 is 41.8 Å². The number of carbonyl (C=O) groups excluding carboxylic acids is 2. The molecule has 7 nitrogen and oxygen atoms in total. The van der Waals surface area contributed by atoms with Gasteiger partial charge in [-0.3, -0.25) is 9.59 Å². The van der Waals surface area contributed by atoms with Gasteiger partial charge in [0.25, 0.3) is 0 Å². The van der Waals surface area contributed by atoms with Crippen LogP contribution in [-0.2, 0) is 9.59 Å². The Bertz CT molecular complexity index is 564. The highest BCUT2D eigenvalue weighted by atomic mass is 127. The number of amides is 2. The third kappa shape index (κ3) is 5.96. The minimum Gasteiger partial charge on any atom is -0.353 e. The van der Waals surface area contributed by atoms with Gasteiger partial charge in [-0.25, -0.2) is 4.99 Å². The molecule has 2 saturated carbocycles. The van der Waals surface area contributed by atoms with Crippen molar-refractivity contribution in [1.29, 1.82) is 0 Å². The molecule has 0 aromatic carbocycles. The summed E-state index contributed by atoms with van der Waals surface area (Å²) in [5.41, 5.74) is 0. The topological polar surface area (TPSA) is 68.2 Å². The van der Waals surface area contributed by atoms with Crippen LogP contribution in [0, 0.1) is 5.92 Å². The summed E-state index contributed by atoms with van der Waals surface area (Å²) in [6, 6.07) is 0.834. The lowest BCUT2D eigenvalue weighted by molar-refractivity contribution is -0.135. The molecular weight excluding hydrogens is 457 g/mol. The number of nitrogens with zero attached hydrogens (tertiary/aromatic N) is 4. The summed E-state index contributed by atoms with van der Waals surface area (Å²) in [5, 5.41) is 3.58. The van der Waals surface area contributed by atoms with Gasteiger partial charge in [-0.2, -0.15) is 0 Å². The first-order chi connectivity index (χ1) is 12.5. The molecule has 2 atom stereocenters. The average Bonchev–Trinajstić information content (AvgIpc) is 3.44. The van der Waals surface area contributed by atoms with E-state index in [0.29, 0.717) is 24.5 Å². The van der Waals surface area contributed by atoms with Crippen molar-refractivity contribution in [3.63, 3.8) is 0 Å². The van der Waals surface area contributed by atoms with Gasteiger partial charge in [0.1, 0.15) is 6.54 Å². The van der Waals surface area contributed by atoms with Crippen molar-refractivity contribution in [1.82, 2.24) is 20.0 Å². The van der Waals surface area contributed by atoms with Crippen LogP contribution < -0.4 is 5.32 Å². The number of aliphatic imine (C=N–C) groups is 1. The van der Waals surface area contributed by atoms with Crippen molar-refractivity contribution in [3.05, 3.63) is 0 Å². The zero-order valence-electron chi connectivity index (χ0n) is 16.8. The monoisotopic (exact) mass is 491 g/mol. The molecule has 1 aliphatic heterocycles. The lowest BCUT2D eigenvalue weighted by Crippen LogP contribution is -2.58. The number of guanidine groups is 1. The molecule has 0 aromatic heterocycles. The Hall–Kier alpha value is -1.06. The molecule has 27 heavy (non-hydrogen) atoms. The molecule has 1 heterocycles. The van der Waals surface area contributed by atoms with Gasteiger partial charge in [0.05, 0.1) is 6.54 Å². The summed E-state index contributed by atoms with van der Waals surface area (Å²) < 4.78 is 0. The summed E-state index contributed by atoms with van der Waals surface area (Å²) in [6.45, 7) is 4.29. The highest BCUT2D eigenvalue weighted by molar-refractivity contribution is 14.0. The summed E-state index contributed by atoms with van der Waals surface area (Å²) in [5.74, 6) is 1.47. The van der Waals surface area contributed by atoms with Crippen molar-refractivity contribution in [3.8, 4) is 0 Å². The number of nitrogens with one attached hydrogen (secondary N) is 1. The van der Waals surface area contributed by atoms with Crippen LogP contribution >= 0.6 is 24.0 Å². The Morgan fingerprint density at radius 2 is 1.89 bits per heavy atom. The minimum absolute atomic E-state index is 0. The second kappa shape index (κ2) is 9.93. The first-order valence-corrected chi connectivity index (χ1v) is 10.0. The van der Waals surface area contributed by atoms with E-state index in [1.54, 1.807) is 19.0 Å². The largest absolute Gasteiger partial charge is 0.353 e. The van der Waals surface area contributed by atoms with Crippen LogP contribution in [0.15, 0.2) is 4.99 Å². The first kappa shape index (κ1) is 22.2. The molecule has 2 aliphatic carbocycles. The predicted octanol–water partition coefficient (Wildman–Crippen LogP) is 1.52. The van der Waals surface area contributed by atoms with Crippen LogP contribution in [-0.4, -0.2) is 84.8 Å². The van der Waals surface area contributed by atoms with Crippen LogP contribution in [0.25, 0.3) is 0 Å². The van der Waals surface area contributed by atoms with Gasteiger partial charge in [0.2, 0.25) is 11.8 Å². The molecule has 0 aromatic rings. The molecule has 2 amide bonds. The molecular formula is C19H34IN5O2. The second-order valence-electron chi connectivity index (χ2n) is 8.18. The standard InChI is InChI=1S/C19H33N5O2.HI/c1-14-6-4-5-7-16(14)21-19(20-12-17(25)22(2)3)23-10-11-24(15-8-9-15)18(26)13-23;/h14-16H,4-13H2,1-3H3,(H,20,21);1H. The fourth-order valence-electron chi connectivity index (χ4n) is 3.86. The Kier molecular flexibility index (Phi) is 8.18. The van der Waals surface area contributed by atoms with Gasteiger partial charge in [-0.15, -0.1) is 24.0 Å². The van der Waals surface area contributed by atoms with Crippen LogP contribution in [0.4, 0.5) is 0 Å². The molecule has 3 aliphatic rings. The quantitative estimate of drug-likeness (QED) is 0.368. The number of hydrogen-bond donors (Lipinski definition) is 1. The van der Waals surface area contributed by atoms with E-state index in [2.05, 4.69) is 17.2 Å². The maximum absolute atomic E-state index is 12.5. The van der Waals surface area contributed by atoms with Gasteiger partial charge in [0.15, 0.2) is 5.96 Å². The Morgan fingerprint density at radius 1 is 1.19 bits per heavy atom. The normalized spacial score (nSPS) is 26.5. The fraction of sp³-hybridized carbons (Fsp3) is 0.842. The highest BCUT2D eigenvalue weighted by Gasteiger charge is 2.37. The number of carbonyl (C=O) groups is 2. The number of hydrogen-bond acceptors (Lipinski definition) is 3. The average molecular weight is 491 g/mol. The minimum atomic E-state index is -0.0241. The smallest absolute Gasteiger partial charge is 0.243 e. The van der Waals surface area contributed by atoms with Gasteiger partial charge in [-0.1, -0.05) is 19.8 Å². The lowest BCUT2D eigenvalue weighted by atomic mass is 9.86. The summed E-state index contributed by atoms with van der Waals surface area (Å²) in [7, 11) is 3.48. The third-order valence-corrected chi connectivity index (χ3v) is 5.83. The SMILES string of the molecule is CC1CCCCC1NC(=NCC(=O)N(C)C)N1CCN(C2CC2)C(=O)C1.I. The van der Waals surface area contributed by atoms with Crippen molar-refractivity contribution < 1.29 is 9.59 Å². The number of likely N-dealkylation sites (N-methyl/N-ethyl adjacent to an activating group) is 1. The van der Waals surface area contributed by atoms with E-state index < -0.39 is 0 Å². The maximum Gasteiger partial charge on any atom is 0.243 e. The molecule has 1 saturated heterocycles. The molecule has 0 spiro atoms. The molecule has 3 fully saturated rings. The molecule has 8 heteroatoms. The zero-order chi connectivity index (χ0) is 18.7. The van der Waals surface area contributed by atoms with Crippen LogP contribution in [0.1, 0.15) is 45.4 Å². The molecule has 0 radical (unpaired) electrons. The highest BCUT2D eigenvalue weighted by Crippen LogP contribution is 2.28. The van der Waals surface area contributed by atoms with E-state index in [9.17, 15) is 9.59 Å². The summed E-state index contributed by atoms with van der Waals surface area (Å²) >= 11 is 0. The summed E-state index contributed by atoms with van der Waals surface area (Å²) in [6.07, 6.45) is 7.13. The van der Waals surface area contributed by atoms with E-state index in [1.807, 2.05) is 9.80 Å². The second-order valence-corrected chi connectivity index (χ2v) is 8.18. The molecule has 2 unspecified atom stereocenters. The third-order valence-electron chi connectivity index (χ3n) is 5.83. The van der Waals surface area contributed by atoms with Crippen molar-refractivity contribution in [2.24, 2.45) is 10.9 Å². The number of halogens is 1. The predicted molar refractivity (Wildman–Crippen MR) is 117 cm³/mol. The van der Waals surface area contributed by atoms with Gasteiger partial charge >= 0.3 is 0 Å². The van der Waals surface area contributed by atoms with Gasteiger partial charge < -0.3 is 20.0 Å². The molecule has 1 N–H and O–H groups in total. The van der Waals surface area contributed by atoms with E-state index in [1.165, 1.54) is 19.3 Å². The van der Waals surface area contributed by atoms with E-state index in [-0.39, 0.29) is 42.3 Å². The Balaban J connectivity index is 0.00000261. The molecule has 3 rings (SSSR count). The number of piperazine rings is 1. The number of rotatable bonds is 4. The van der Waals surface area contributed by atoms with Gasteiger partial charge in [0, 0.05) is 39.3 Å². The van der Waals surface area contributed by atoms with E-state index in [4.69, 9.17) is 0 Å². The van der Waals surface area contributed by atoms with Crippen molar-refractivity contribution in [2.75, 3.05) is 40.3 Å². The van der Waals surface area contributed by atoms with Crippen molar-refractivity contribution in [2.45, 2.75) is 57.5 Å². The Labute approximate surface area is 179 Å². The fourth-order valence-corrected chi connectivity index (χ4v) is 3.86. The first-order valence-electron chi connectivity index (χ1n) is 10.0.